The van der Waals surface area contributed by atoms with Crippen LogP contribution >= 0.6 is 0 Å². The zero-order chi connectivity index (χ0) is 13.1. The first kappa shape index (κ1) is 13.5. The Balaban J connectivity index is 2.09. The van der Waals surface area contributed by atoms with E-state index in [1.165, 1.54) is 17.7 Å². The Morgan fingerprint density at radius 3 is 2.83 bits per heavy atom. The van der Waals surface area contributed by atoms with Crippen molar-refractivity contribution < 1.29 is 4.74 Å². The zero-order valence-electron chi connectivity index (χ0n) is 11.6. The highest BCUT2D eigenvalue weighted by Gasteiger charge is 2.25. The molecule has 0 bridgehead atoms. The number of aromatic nitrogens is 2. The summed E-state index contributed by atoms with van der Waals surface area (Å²) in [4.78, 5) is 0. The maximum atomic E-state index is 5.73. The molecule has 2 heterocycles. The predicted octanol–water partition coefficient (Wildman–Crippen LogP) is 0.838. The monoisotopic (exact) mass is 252 g/mol. The largest absolute Gasteiger partial charge is 0.381 e. The highest BCUT2D eigenvalue weighted by molar-refractivity contribution is 5.25. The molecule has 1 aliphatic rings. The summed E-state index contributed by atoms with van der Waals surface area (Å²) in [5.74, 6) is 6.23. The molecular formula is C13H24N4O. The Morgan fingerprint density at radius 1 is 1.56 bits per heavy atom. The number of hydrazine groups is 1. The van der Waals surface area contributed by atoms with E-state index in [0.29, 0.717) is 5.92 Å². The third-order valence-corrected chi connectivity index (χ3v) is 4.06. The molecule has 1 aliphatic heterocycles. The number of hydrogen-bond acceptors (Lipinski definition) is 4. The van der Waals surface area contributed by atoms with Gasteiger partial charge in [0.1, 0.15) is 0 Å². The molecule has 0 saturated carbocycles. The number of ether oxygens (including phenoxy) is 1. The van der Waals surface area contributed by atoms with Crippen LogP contribution in [0.5, 0.6) is 0 Å². The van der Waals surface area contributed by atoms with Gasteiger partial charge in [-0.05, 0) is 44.6 Å². The normalized spacial score (nSPS) is 22.1. The lowest BCUT2D eigenvalue weighted by molar-refractivity contribution is 0.0393. The molecule has 3 N–H and O–H groups in total. The summed E-state index contributed by atoms with van der Waals surface area (Å²) in [6.07, 6.45) is 3.25. The van der Waals surface area contributed by atoms with E-state index in [4.69, 9.17) is 10.6 Å². The molecule has 18 heavy (non-hydrogen) atoms. The second kappa shape index (κ2) is 5.82. The van der Waals surface area contributed by atoms with E-state index in [2.05, 4.69) is 24.4 Å². The Hall–Kier alpha value is -0.910. The average Bonchev–Trinajstić information content (AvgIpc) is 2.62. The van der Waals surface area contributed by atoms with Crippen molar-refractivity contribution in [2.24, 2.45) is 18.8 Å². The summed E-state index contributed by atoms with van der Waals surface area (Å²) in [5.41, 5.74) is 6.61. The molecule has 5 nitrogen and oxygen atoms in total. The molecule has 0 radical (unpaired) electrons. The van der Waals surface area contributed by atoms with Gasteiger partial charge in [-0.2, -0.15) is 5.10 Å². The van der Waals surface area contributed by atoms with Crippen molar-refractivity contribution in [3.63, 3.8) is 0 Å². The smallest absolute Gasteiger partial charge is 0.0628 e. The quantitative estimate of drug-likeness (QED) is 0.615. The van der Waals surface area contributed by atoms with Crippen molar-refractivity contribution in [3.8, 4) is 0 Å². The third kappa shape index (κ3) is 2.74. The maximum Gasteiger partial charge on any atom is 0.0628 e. The molecule has 1 aromatic heterocycles. The van der Waals surface area contributed by atoms with E-state index in [-0.39, 0.29) is 6.04 Å². The van der Waals surface area contributed by atoms with E-state index in [1.807, 2.05) is 11.7 Å². The predicted molar refractivity (Wildman–Crippen MR) is 71.0 cm³/mol. The molecule has 1 aromatic rings. The summed E-state index contributed by atoms with van der Waals surface area (Å²) < 4.78 is 7.49. The minimum absolute atomic E-state index is 0.270. The first-order chi connectivity index (χ1) is 8.63. The van der Waals surface area contributed by atoms with Crippen LogP contribution in [0, 0.1) is 19.8 Å². The summed E-state index contributed by atoms with van der Waals surface area (Å²) >= 11 is 0. The second-order valence-electron chi connectivity index (χ2n) is 5.23. The summed E-state index contributed by atoms with van der Waals surface area (Å²) in [7, 11) is 1.99. The molecule has 5 heteroatoms. The highest BCUT2D eigenvalue weighted by atomic mass is 16.5. The Kier molecular flexibility index (Phi) is 4.37. The van der Waals surface area contributed by atoms with Gasteiger partial charge in [-0.3, -0.25) is 16.0 Å². The number of aryl methyl sites for hydroxylation is 2. The average molecular weight is 252 g/mol. The van der Waals surface area contributed by atoms with E-state index in [0.717, 1.165) is 31.7 Å². The fraction of sp³-hybridized carbons (Fsp3) is 0.769. The molecular weight excluding hydrogens is 228 g/mol. The number of nitrogens with two attached hydrogens (primary N) is 1. The zero-order valence-corrected chi connectivity index (χ0v) is 11.6. The molecule has 0 amide bonds. The number of nitrogens with one attached hydrogen (secondary N) is 1. The van der Waals surface area contributed by atoms with E-state index < -0.39 is 0 Å². The first-order valence-electron chi connectivity index (χ1n) is 6.66. The minimum atomic E-state index is 0.270. The molecule has 2 atom stereocenters. The van der Waals surface area contributed by atoms with Crippen LogP contribution in [0.1, 0.15) is 29.8 Å². The van der Waals surface area contributed by atoms with Crippen LogP contribution in [0.25, 0.3) is 0 Å². The number of rotatable bonds is 4. The standard InChI is InChI=1S/C13H24N4O/c1-9-12(10(2)17(3)16-9)7-13(15-14)11-5-4-6-18-8-11/h11,13,15H,4-8,14H2,1-3H3. The number of hydrogen-bond donors (Lipinski definition) is 2. The van der Waals surface area contributed by atoms with Crippen LogP contribution in [-0.4, -0.2) is 29.0 Å². The van der Waals surface area contributed by atoms with E-state index in [9.17, 15) is 0 Å². The van der Waals surface area contributed by atoms with Crippen molar-refractivity contribution in [1.29, 1.82) is 0 Å². The van der Waals surface area contributed by atoms with E-state index in [1.54, 1.807) is 0 Å². The van der Waals surface area contributed by atoms with Crippen LogP contribution in [0.2, 0.25) is 0 Å². The van der Waals surface area contributed by atoms with Crippen molar-refractivity contribution in [1.82, 2.24) is 15.2 Å². The van der Waals surface area contributed by atoms with Gasteiger partial charge in [0.2, 0.25) is 0 Å². The fourth-order valence-corrected chi connectivity index (χ4v) is 2.78. The van der Waals surface area contributed by atoms with Crippen LogP contribution in [-0.2, 0) is 18.2 Å². The van der Waals surface area contributed by atoms with Crippen molar-refractivity contribution >= 4 is 0 Å². The van der Waals surface area contributed by atoms with Gasteiger partial charge in [-0.15, -0.1) is 0 Å². The molecule has 0 spiro atoms. The fourth-order valence-electron chi connectivity index (χ4n) is 2.78. The topological polar surface area (TPSA) is 65.1 Å². The molecule has 0 aromatic carbocycles. The Morgan fingerprint density at radius 2 is 2.33 bits per heavy atom. The van der Waals surface area contributed by atoms with Crippen molar-refractivity contribution in [3.05, 3.63) is 17.0 Å². The van der Waals surface area contributed by atoms with Crippen molar-refractivity contribution in [2.45, 2.75) is 39.2 Å². The Labute approximate surface area is 109 Å². The van der Waals surface area contributed by atoms with Gasteiger partial charge in [0.25, 0.3) is 0 Å². The lowest BCUT2D eigenvalue weighted by atomic mass is 9.89. The summed E-state index contributed by atoms with van der Waals surface area (Å²) in [6, 6.07) is 0.270. The van der Waals surface area contributed by atoms with Crippen molar-refractivity contribution in [2.75, 3.05) is 13.2 Å². The first-order valence-corrected chi connectivity index (χ1v) is 6.66. The lowest BCUT2D eigenvalue weighted by Gasteiger charge is -2.29. The van der Waals surface area contributed by atoms with Gasteiger partial charge < -0.3 is 4.74 Å². The van der Waals surface area contributed by atoms with Gasteiger partial charge in [0.05, 0.1) is 12.3 Å². The summed E-state index contributed by atoms with van der Waals surface area (Å²) in [6.45, 7) is 5.87. The van der Waals surface area contributed by atoms with Gasteiger partial charge in [0, 0.05) is 25.4 Å². The van der Waals surface area contributed by atoms with Crippen LogP contribution in [0.4, 0.5) is 0 Å². The highest BCUT2D eigenvalue weighted by Crippen LogP contribution is 2.22. The van der Waals surface area contributed by atoms with Crippen LogP contribution in [0.15, 0.2) is 0 Å². The third-order valence-electron chi connectivity index (χ3n) is 4.06. The summed E-state index contributed by atoms with van der Waals surface area (Å²) in [5, 5.41) is 4.46. The second-order valence-corrected chi connectivity index (χ2v) is 5.23. The van der Waals surface area contributed by atoms with Crippen LogP contribution < -0.4 is 11.3 Å². The maximum absolute atomic E-state index is 5.73. The SMILES string of the molecule is Cc1nn(C)c(C)c1CC(NN)C1CCCOC1. The number of nitrogens with zero attached hydrogens (tertiary/aromatic N) is 2. The van der Waals surface area contributed by atoms with Gasteiger partial charge in [0.15, 0.2) is 0 Å². The van der Waals surface area contributed by atoms with Gasteiger partial charge >= 0.3 is 0 Å². The van der Waals surface area contributed by atoms with Gasteiger partial charge in [-0.25, -0.2) is 0 Å². The lowest BCUT2D eigenvalue weighted by Crippen LogP contribution is -2.45. The van der Waals surface area contributed by atoms with Gasteiger partial charge in [-0.1, -0.05) is 0 Å². The molecule has 1 saturated heterocycles. The molecule has 0 aliphatic carbocycles. The van der Waals surface area contributed by atoms with Crippen LogP contribution in [0.3, 0.4) is 0 Å². The minimum Gasteiger partial charge on any atom is -0.381 e. The molecule has 2 rings (SSSR count). The molecule has 1 fully saturated rings. The Bertz CT molecular complexity index is 396. The van der Waals surface area contributed by atoms with E-state index >= 15 is 0 Å². The molecule has 2 unspecified atom stereocenters. The molecule has 102 valence electrons.